The third-order valence-electron chi connectivity index (χ3n) is 3.94. The number of carboxylic acids is 1. The summed E-state index contributed by atoms with van der Waals surface area (Å²) in [6, 6.07) is 5.41. The van der Waals surface area contributed by atoms with Crippen LogP contribution in [-0.4, -0.2) is 91.5 Å². The number of nitrogens with one attached hydrogen (secondary N) is 1. The maximum absolute atomic E-state index is 12.3. The number of aliphatic carboxylic acids is 1. The van der Waals surface area contributed by atoms with Crippen molar-refractivity contribution in [2.24, 2.45) is 0 Å². The van der Waals surface area contributed by atoms with Gasteiger partial charge in [-0.2, -0.15) is 0 Å². The zero-order chi connectivity index (χ0) is 21.6. The summed E-state index contributed by atoms with van der Waals surface area (Å²) < 4.78 is 16.9. The molecule has 0 aliphatic rings. The maximum atomic E-state index is 12.3. The number of aliphatic hydroxyl groups excluding tert-OH is 1. The lowest BCUT2D eigenvalue weighted by Gasteiger charge is -2.24. The molecule has 2 unspecified atom stereocenters. The Morgan fingerprint density at radius 3 is 2.59 bits per heavy atom. The molecule has 0 amide bonds. The van der Waals surface area contributed by atoms with Crippen molar-refractivity contribution in [1.29, 1.82) is 0 Å². The molecule has 29 heavy (non-hydrogen) atoms. The highest BCUT2D eigenvalue weighted by molar-refractivity contribution is 9.10. The van der Waals surface area contributed by atoms with E-state index in [4.69, 9.17) is 19.3 Å². The molecule has 2 rings (SSSR count). The largest absolute Gasteiger partial charge is 0.477 e. The molecule has 2 atom stereocenters. The molecule has 0 aliphatic heterocycles. The second-order valence-corrected chi connectivity index (χ2v) is 8.45. The number of nitrogens with zero attached hydrogens (tertiary/aromatic N) is 1. The first-order chi connectivity index (χ1) is 13.6. The fourth-order valence-electron chi connectivity index (χ4n) is 2.39. The van der Waals surface area contributed by atoms with E-state index in [1.54, 1.807) is 12.1 Å². The van der Waals surface area contributed by atoms with Gasteiger partial charge in [0, 0.05) is 21.6 Å². The molecule has 0 saturated carbocycles. The number of likely N-dealkylation sites (N-methyl/N-ethyl adjacent to an activating group) is 1. The molecular formula is C19H26BrN2O7+. The van der Waals surface area contributed by atoms with Gasteiger partial charge in [0.25, 0.3) is 6.29 Å². The van der Waals surface area contributed by atoms with Crippen LogP contribution in [0, 0.1) is 0 Å². The Balaban J connectivity index is 1.81. The fraction of sp³-hybridized carbons (Fsp3) is 0.474. The average Bonchev–Trinajstić information content (AvgIpc) is 3.04. The molecule has 2 aromatic rings. The molecule has 1 aromatic heterocycles. The molecular weight excluding hydrogens is 448 g/mol. The molecule has 0 fully saturated rings. The van der Waals surface area contributed by atoms with E-state index in [1.807, 2.05) is 27.2 Å². The smallest absolute Gasteiger partial charge is 0.361 e. The Morgan fingerprint density at radius 1 is 1.21 bits per heavy atom. The van der Waals surface area contributed by atoms with Crippen molar-refractivity contribution in [3.63, 3.8) is 0 Å². The normalized spacial score (nSPS) is 14.0. The van der Waals surface area contributed by atoms with Crippen molar-refractivity contribution in [2.45, 2.75) is 12.4 Å². The molecule has 0 bridgehead atoms. The lowest BCUT2D eigenvalue weighted by Crippen LogP contribution is -2.40. The van der Waals surface area contributed by atoms with E-state index >= 15 is 0 Å². The Labute approximate surface area is 176 Å². The highest BCUT2D eigenvalue weighted by atomic mass is 79.9. The molecule has 1 aromatic carbocycles. The number of fused-ring (bicyclic) bond motifs is 1. The number of benzene rings is 1. The molecule has 10 heteroatoms. The number of esters is 1. The first-order valence-electron chi connectivity index (χ1n) is 8.95. The van der Waals surface area contributed by atoms with Crippen LogP contribution in [0.5, 0.6) is 0 Å². The monoisotopic (exact) mass is 473 g/mol. The number of hydrogen-bond acceptors (Lipinski definition) is 6. The van der Waals surface area contributed by atoms with Gasteiger partial charge in [-0.1, -0.05) is 22.0 Å². The minimum atomic E-state index is -1.50. The highest BCUT2D eigenvalue weighted by Crippen LogP contribution is 2.23. The van der Waals surface area contributed by atoms with Crippen molar-refractivity contribution < 1.29 is 38.5 Å². The molecule has 9 nitrogen and oxygen atoms in total. The van der Waals surface area contributed by atoms with Gasteiger partial charge in [0.05, 0.1) is 39.9 Å². The summed E-state index contributed by atoms with van der Waals surface area (Å²) in [6.45, 7) is 0.0828. The second kappa shape index (κ2) is 10.2. The number of aromatic amines is 1. The summed E-state index contributed by atoms with van der Waals surface area (Å²) in [5, 5.41) is 19.8. The van der Waals surface area contributed by atoms with Gasteiger partial charge in [0.15, 0.2) is 0 Å². The highest BCUT2D eigenvalue weighted by Gasteiger charge is 2.22. The van der Waals surface area contributed by atoms with E-state index in [9.17, 15) is 14.7 Å². The van der Waals surface area contributed by atoms with Crippen LogP contribution in [-0.2, 0) is 19.0 Å². The van der Waals surface area contributed by atoms with Gasteiger partial charge in [0.1, 0.15) is 19.3 Å². The molecule has 0 aliphatic carbocycles. The van der Waals surface area contributed by atoms with Crippen LogP contribution in [0.2, 0.25) is 0 Å². The van der Waals surface area contributed by atoms with Crippen LogP contribution >= 0.6 is 15.9 Å². The lowest BCUT2D eigenvalue weighted by atomic mass is 10.2. The quantitative estimate of drug-likeness (QED) is 0.257. The van der Waals surface area contributed by atoms with Crippen LogP contribution in [0.4, 0.5) is 0 Å². The van der Waals surface area contributed by atoms with Crippen LogP contribution in [0.25, 0.3) is 10.9 Å². The topological polar surface area (TPSA) is 118 Å². The molecule has 3 N–H and O–H groups in total. The van der Waals surface area contributed by atoms with E-state index in [0.717, 1.165) is 9.99 Å². The van der Waals surface area contributed by atoms with Gasteiger partial charge in [-0.15, -0.1) is 0 Å². The van der Waals surface area contributed by atoms with Gasteiger partial charge in [-0.05, 0) is 12.1 Å². The summed E-state index contributed by atoms with van der Waals surface area (Å²) in [6.07, 6.45) is -1.16. The van der Waals surface area contributed by atoms with E-state index in [2.05, 4.69) is 20.9 Å². The van der Waals surface area contributed by atoms with Crippen molar-refractivity contribution in [1.82, 2.24) is 4.98 Å². The van der Waals surface area contributed by atoms with Crippen molar-refractivity contribution in [3.05, 3.63) is 34.4 Å². The number of H-pyrrole nitrogens is 1. The standard InChI is InChI=1S/C19H25BrN2O7/c1-22(2,3)6-7-27-19(17(24)25)29-11-13(23)10-28-18(26)15-9-21-16-8-12(20)4-5-14(15)16/h4-5,8-9,13,19,23H,6-7,10-11H2,1-3H3,(H-,21,24,25,26)/p+1. The first-order valence-corrected chi connectivity index (χ1v) is 9.74. The van der Waals surface area contributed by atoms with Crippen LogP contribution < -0.4 is 0 Å². The lowest BCUT2D eigenvalue weighted by molar-refractivity contribution is -0.870. The Hall–Kier alpha value is -1.98. The minimum Gasteiger partial charge on any atom is -0.477 e. The summed E-state index contributed by atoms with van der Waals surface area (Å²) >= 11 is 3.36. The van der Waals surface area contributed by atoms with E-state index in [-0.39, 0.29) is 19.8 Å². The first kappa shape index (κ1) is 23.3. The average molecular weight is 474 g/mol. The Bertz CT molecular complexity index is 847. The number of carbonyl (C=O) groups excluding carboxylic acids is 1. The number of carbonyl (C=O) groups is 2. The predicted molar refractivity (Wildman–Crippen MR) is 109 cm³/mol. The molecule has 0 spiro atoms. The number of halogens is 1. The maximum Gasteiger partial charge on any atom is 0.361 e. The van der Waals surface area contributed by atoms with Gasteiger partial charge < -0.3 is 33.9 Å². The van der Waals surface area contributed by atoms with Gasteiger partial charge in [-0.25, -0.2) is 9.59 Å². The van der Waals surface area contributed by atoms with E-state index in [0.29, 0.717) is 22.0 Å². The van der Waals surface area contributed by atoms with Crippen LogP contribution in [0.1, 0.15) is 10.4 Å². The van der Waals surface area contributed by atoms with Crippen molar-refractivity contribution >= 4 is 38.8 Å². The van der Waals surface area contributed by atoms with Crippen LogP contribution in [0.3, 0.4) is 0 Å². The van der Waals surface area contributed by atoms with E-state index in [1.165, 1.54) is 6.20 Å². The van der Waals surface area contributed by atoms with Crippen LogP contribution in [0.15, 0.2) is 28.9 Å². The number of aromatic nitrogens is 1. The number of hydrogen-bond donors (Lipinski definition) is 3. The Kier molecular flexibility index (Phi) is 8.17. The second-order valence-electron chi connectivity index (χ2n) is 7.53. The van der Waals surface area contributed by atoms with Gasteiger partial charge in [0.2, 0.25) is 0 Å². The third kappa shape index (κ3) is 7.41. The summed E-state index contributed by atoms with van der Waals surface area (Å²) in [7, 11) is 5.85. The molecule has 160 valence electrons. The molecule has 0 saturated heterocycles. The summed E-state index contributed by atoms with van der Waals surface area (Å²) in [5.74, 6) is -1.90. The SMILES string of the molecule is C[N+](C)(C)CCOC(OCC(O)COC(=O)c1c[nH]c2cc(Br)ccc12)C(=O)O. The number of aliphatic hydroxyl groups is 1. The minimum absolute atomic E-state index is 0.183. The van der Waals surface area contributed by atoms with Gasteiger partial charge >= 0.3 is 11.9 Å². The van der Waals surface area contributed by atoms with Crippen molar-refractivity contribution in [2.75, 3.05) is 47.5 Å². The number of rotatable bonds is 11. The zero-order valence-electron chi connectivity index (χ0n) is 16.6. The fourth-order valence-corrected chi connectivity index (χ4v) is 2.75. The summed E-state index contributed by atoms with van der Waals surface area (Å²) in [5.41, 5.74) is 1.11. The van der Waals surface area contributed by atoms with Crippen molar-refractivity contribution in [3.8, 4) is 0 Å². The Morgan fingerprint density at radius 2 is 1.93 bits per heavy atom. The summed E-state index contributed by atoms with van der Waals surface area (Å²) in [4.78, 5) is 26.5. The van der Waals surface area contributed by atoms with Gasteiger partial charge in [-0.3, -0.25) is 0 Å². The number of carboxylic acid groups (broad SMARTS) is 1. The zero-order valence-corrected chi connectivity index (χ0v) is 18.1. The number of ether oxygens (including phenoxy) is 3. The molecule has 0 radical (unpaired) electrons. The predicted octanol–water partition coefficient (Wildman–Crippen LogP) is 1.60. The van der Waals surface area contributed by atoms with E-state index < -0.39 is 24.3 Å². The third-order valence-corrected chi connectivity index (χ3v) is 4.44. The number of quaternary nitrogens is 1. The molecule has 1 heterocycles.